The highest BCUT2D eigenvalue weighted by Gasteiger charge is 2.05. The molecule has 1 amide bonds. The Morgan fingerprint density at radius 1 is 1.39 bits per heavy atom. The van der Waals surface area contributed by atoms with Gasteiger partial charge in [-0.05, 0) is 23.5 Å². The van der Waals surface area contributed by atoms with Crippen molar-refractivity contribution in [3.63, 3.8) is 0 Å². The number of hydrogen-bond acceptors (Lipinski definition) is 3. The topological polar surface area (TPSA) is 55.6 Å². The Kier molecular flexibility index (Phi) is 5.82. The number of hydrogen-bond donors (Lipinski definition) is 1. The second kappa shape index (κ2) is 7.13. The summed E-state index contributed by atoms with van der Waals surface area (Å²) in [4.78, 5) is 11.2. The van der Waals surface area contributed by atoms with E-state index in [0.29, 0.717) is 12.5 Å². The highest BCUT2D eigenvalue weighted by Crippen LogP contribution is 2.18. The fourth-order valence-corrected chi connectivity index (χ4v) is 1.54. The Hall–Kier alpha value is -1.39. The summed E-state index contributed by atoms with van der Waals surface area (Å²) in [6.45, 7) is 4.83. The van der Waals surface area contributed by atoms with E-state index in [1.165, 1.54) is 12.6 Å². The van der Waals surface area contributed by atoms with E-state index in [1.54, 1.807) is 0 Å². The minimum Gasteiger partial charge on any atom is -0.367 e. The third-order valence-corrected chi connectivity index (χ3v) is 3.05. The van der Waals surface area contributed by atoms with Crippen molar-refractivity contribution < 1.29 is 9.53 Å². The van der Waals surface area contributed by atoms with Crippen LogP contribution in [0.3, 0.4) is 0 Å². The maximum atomic E-state index is 11.2. The highest BCUT2D eigenvalue weighted by atomic mass is 16.5. The van der Waals surface area contributed by atoms with Crippen molar-refractivity contribution >= 4 is 5.91 Å². The van der Waals surface area contributed by atoms with Gasteiger partial charge in [-0.2, -0.15) is 0 Å². The zero-order chi connectivity index (χ0) is 13.5. The molecule has 0 radical (unpaired) electrons. The molecule has 0 heterocycles. The Labute approximate surface area is 109 Å². The highest BCUT2D eigenvalue weighted by molar-refractivity contribution is 5.76. The van der Waals surface area contributed by atoms with Crippen LogP contribution in [0.1, 0.15) is 37.3 Å². The number of rotatable bonds is 6. The van der Waals surface area contributed by atoms with Gasteiger partial charge in [0.25, 0.3) is 5.91 Å². The predicted octanol–water partition coefficient (Wildman–Crippen LogP) is 2.05. The maximum Gasteiger partial charge on any atom is 0.262 e. The van der Waals surface area contributed by atoms with Crippen molar-refractivity contribution in [2.45, 2.75) is 32.8 Å². The van der Waals surface area contributed by atoms with Crippen molar-refractivity contribution in [3.05, 3.63) is 35.4 Å². The summed E-state index contributed by atoms with van der Waals surface area (Å²) in [6, 6.07) is 8.31. The maximum absolute atomic E-state index is 11.2. The number of likely N-dealkylation sites (N-methyl/N-ethyl adjacent to an activating group) is 1. The van der Waals surface area contributed by atoms with E-state index in [4.69, 9.17) is 10.6 Å². The van der Waals surface area contributed by atoms with Crippen LogP contribution < -0.4 is 5.84 Å². The molecular weight excluding hydrogens is 228 g/mol. The molecule has 1 unspecified atom stereocenters. The summed E-state index contributed by atoms with van der Waals surface area (Å²) in [5, 5.41) is 1.03. The number of carbonyl (C=O) groups is 1. The Morgan fingerprint density at radius 2 is 2.00 bits per heavy atom. The van der Waals surface area contributed by atoms with E-state index in [1.807, 2.05) is 12.1 Å². The summed E-state index contributed by atoms with van der Waals surface area (Å²) >= 11 is 0. The van der Waals surface area contributed by atoms with Crippen LogP contribution in [-0.4, -0.2) is 24.6 Å². The Morgan fingerprint density at radius 3 is 2.50 bits per heavy atom. The Bertz CT molecular complexity index is 374. The predicted molar refractivity (Wildman–Crippen MR) is 71.8 cm³/mol. The average Bonchev–Trinajstić information content (AvgIpc) is 2.38. The zero-order valence-electron chi connectivity index (χ0n) is 11.3. The molecule has 2 N–H and O–H groups in total. The summed E-state index contributed by atoms with van der Waals surface area (Å²) in [5.41, 5.74) is 2.40. The second-order valence-corrected chi connectivity index (χ2v) is 4.55. The van der Waals surface area contributed by atoms with Crippen molar-refractivity contribution in [1.82, 2.24) is 5.01 Å². The monoisotopic (exact) mass is 250 g/mol. The first-order valence-electron chi connectivity index (χ1n) is 6.22. The molecule has 0 aliphatic rings. The van der Waals surface area contributed by atoms with Crippen LogP contribution in [0.25, 0.3) is 0 Å². The van der Waals surface area contributed by atoms with Gasteiger partial charge in [0.1, 0.15) is 6.61 Å². The number of benzene rings is 1. The lowest BCUT2D eigenvalue weighted by Crippen LogP contribution is -2.35. The molecule has 4 nitrogen and oxygen atoms in total. The third-order valence-electron chi connectivity index (χ3n) is 3.05. The van der Waals surface area contributed by atoms with Crippen LogP contribution in [-0.2, 0) is 16.1 Å². The molecule has 0 fully saturated rings. The minimum atomic E-state index is -0.230. The molecule has 0 saturated carbocycles. The zero-order valence-corrected chi connectivity index (χ0v) is 11.3. The summed E-state index contributed by atoms with van der Waals surface area (Å²) in [7, 11) is 1.51. The van der Waals surface area contributed by atoms with Gasteiger partial charge >= 0.3 is 0 Å². The molecule has 0 saturated heterocycles. The van der Waals surface area contributed by atoms with Gasteiger partial charge in [-0.1, -0.05) is 38.1 Å². The van der Waals surface area contributed by atoms with E-state index in [-0.39, 0.29) is 12.5 Å². The normalized spacial score (nSPS) is 12.2. The molecule has 0 bridgehead atoms. The molecular formula is C14H22N2O2. The van der Waals surface area contributed by atoms with Crippen LogP contribution in [0, 0.1) is 0 Å². The van der Waals surface area contributed by atoms with Gasteiger partial charge in [-0.15, -0.1) is 0 Å². The van der Waals surface area contributed by atoms with Gasteiger partial charge in [0.15, 0.2) is 0 Å². The smallest absolute Gasteiger partial charge is 0.262 e. The lowest BCUT2D eigenvalue weighted by Gasteiger charge is -2.11. The largest absolute Gasteiger partial charge is 0.367 e. The van der Waals surface area contributed by atoms with Gasteiger partial charge in [-0.25, -0.2) is 5.84 Å². The van der Waals surface area contributed by atoms with E-state index in [0.717, 1.165) is 17.0 Å². The van der Waals surface area contributed by atoms with Crippen molar-refractivity contribution in [3.8, 4) is 0 Å². The fourth-order valence-electron chi connectivity index (χ4n) is 1.54. The third kappa shape index (κ3) is 4.47. The molecule has 1 aromatic carbocycles. The molecule has 0 aliphatic carbocycles. The fraction of sp³-hybridized carbons (Fsp3) is 0.500. The molecule has 0 spiro atoms. The number of ether oxygens (including phenoxy) is 1. The standard InChI is InChI=1S/C14H22N2O2/c1-4-11(2)13-7-5-12(6-8-13)9-18-10-14(17)16(3)15/h5-8,11H,4,9-10,15H2,1-3H3. The van der Waals surface area contributed by atoms with Crippen molar-refractivity contribution in [1.29, 1.82) is 0 Å². The summed E-state index contributed by atoms with van der Waals surface area (Å²) in [6.07, 6.45) is 1.13. The molecule has 1 rings (SSSR count). The molecule has 18 heavy (non-hydrogen) atoms. The molecule has 0 aliphatic heterocycles. The van der Waals surface area contributed by atoms with Crippen LogP contribution in [0.5, 0.6) is 0 Å². The summed E-state index contributed by atoms with van der Waals surface area (Å²) < 4.78 is 5.30. The van der Waals surface area contributed by atoms with Crippen molar-refractivity contribution in [2.75, 3.05) is 13.7 Å². The lowest BCUT2D eigenvalue weighted by molar-refractivity contribution is -0.135. The first-order valence-corrected chi connectivity index (χ1v) is 6.22. The number of nitrogens with two attached hydrogens (primary N) is 1. The average molecular weight is 250 g/mol. The molecule has 100 valence electrons. The molecule has 4 heteroatoms. The van der Waals surface area contributed by atoms with E-state index < -0.39 is 0 Å². The van der Waals surface area contributed by atoms with Crippen LogP contribution in [0.4, 0.5) is 0 Å². The number of carbonyl (C=O) groups excluding carboxylic acids is 1. The van der Waals surface area contributed by atoms with E-state index in [9.17, 15) is 4.79 Å². The number of nitrogens with zero attached hydrogens (tertiary/aromatic N) is 1. The minimum absolute atomic E-state index is 0.0140. The van der Waals surface area contributed by atoms with Crippen LogP contribution >= 0.6 is 0 Å². The summed E-state index contributed by atoms with van der Waals surface area (Å²) in [5.74, 6) is 5.63. The van der Waals surface area contributed by atoms with Gasteiger partial charge < -0.3 is 4.74 Å². The Balaban J connectivity index is 2.42. The van der Waals surface area contributed by atoms with Crippen molar-refractivity contribution in [2.24, 2.45) is 5.84 Å². The van der Waals surface area contributed by atoms with Gasteiger partial charge in [0, 0.05) is 7.05 Å². The van der Waals surface area contributed by atoms with E-state index >= 15 is 0 Å². The van der Waals surface area contributed by atoms with Gasteiger partial charge in [0.05, 0.1) is 6.61 Å². The van der Waals surface area contributed by atoms with Gasteiger partial charge in [-0.3, -0.25) is 9.80 Å². The quantitative estimate of drug-likeness (QED) is 0.477. The van der Waals surface area contributed by atoms with E-state index in [2.05, 4.69) is 26.0 Å². The molecule has 0 aromatic heterocycles. The van der Waals surface area contributed by atoms with Gasteiger partial charge in [0.2, 0.25) is 0 Å². The van der Waals surface area contributed by atoms with Crippen LogP contribution in [0.2, 0.25) is 0 Å². The molecule has 1 atom stereocenters. The van der Waals surface area contributed by atoms with Crippen LogP contribution in [0.15, 0.2) is 24.3 Å². The number of hydrazine groups is 1. The SMILES string of the molecule is CCC(C)c1ccc(COCC(=O)N(C)N)cc1. The second-order valence-electron chi connectivity index (χ2n) is 4.55. The number of amides is 1. The first kappa shape index (κ1) is 14.7. The first-order chi connectivity index (χ1) is 8.54. The lowest BCUT2D eigenvalue weighted by atomic mass is 9.98. The molecule has 1 aromatic rings.